The highest BCUT2D eigenvalue weighted by Crippen LogP contribution is 2.49. The molecule has 0 spiro atoms. The standard InChI is InChI=1S/C40H62O8/c1-8-9-10-11-16-34-38(5,43)20-17-31-32(44-34)18-21-39(6)36(45-31)24-33-37(48-39)29(42)25-40(7)35(46-33)23-28(4)30(47-40)15-13-12-14-26(2)27(3)19-22-41/h8-10,14,19,22,28-37,42-43H,1,11-13,15-18,20-21,23-25H2,2-7H3/b10-9-,26-14+,27-19+. The molecular formula is C40H62O8. The highest BCUT2D eigenvalue weighted by atomic mass is 16.6. The van der Waals surface area contributed by atoms with Crippen LogP contribution in [0.25, 0.3) is 0 Å². The minimum absolute atomic E-state index is 0.0848. The molecule has 2 N–H and O–H groups in total. The Kier molecular flexibility index (Phi) is 12.3. The molecule has 5 aliphatic heterocycles. The maximum Gasteiger partial charge on any atom is 0.143 e. The summed E-state index contributed by atoms with van der Waals surface area (Å²) in [5.41, 5.74) is 0.0151. The van der Waals surface area contributed by atoms with Crippen molar-refractivity contribution in [1.29, 1.82) is 0 Å². The number of allylic oxidation sites excluding steroid dienone is 7. The lowest BCUT2D eigenvalue weighted by Gasteiger charge is -2.49. The van der Waals surface area contributed by atoms with Gasteiger partial charge in [0.15, 0.2) is 0 Å². The summed E-state index contributed by atoms with van der Waals surface area (Å²) in [6, 6.07) is 0. The smallest absolute Gasteiger partial charge is 0.143 e. The average Bonchev–Trinajstić information content (AvgIpc) is 3.29. The van der Waals surface area contributed by atoms with Gasteiger partial charge in [-0.05, 0) is 116 Å². The third kappa shape index (κ3) is 8.44. The first kappa shape index (κ1) is 37.6. The van der Waals surface area contributed by atoms with E-state index in [1.807, 2.05) is 26.8 Å². The number of aliphatic hydroxyl groups excluding tert-OH is 1. The predicted octanol–water partition coefficient (Wildman–Crippen LogP) is 6.87. The maximum atomic E-state index is 11.7. The molecule has 0 aromatic heterocycles. The summed E-state index contributed by atoms with van der Waals surface area (Å²) < 4.78 is 34.2. The molecule has 13 atom stereocenters. The van der Waals surface area contributed by atoms with Crippen molar-refractivity contribution in [1.82, 2.24) is 0 Å². The number of aldehydes is 1. The Balaban J connectivity index is 1.24. The van der Waals surface area contributed by atoms with Crippen molar-refractivity contribution in [3.8, 4) is 0 Å². The fourth-order valence-corrected chi connectivity index (χ4v) is 8.80. The Morgan fingerprint density at radius 1 is 0.896 bits per heavy atom. The lowest BCUT2D eigenvalue weighted by atomic mass is 9.79. The SMILES string of the molecule is C=C/C=C\CCC1OC2CCC3(C)OC4C(O)CC5(C)OC(CCC/C=C(C)/C(C)=C/C=O)C(C)CC5OC4CC3OC2CCC1(C)O. The Hall–Kier alpha value is -1.65. The monoisotopic (exact) mass is 670 g/mol. The Labute approximate surface area is 289 Å². The number of rotatable bonds is 10. The van der Waals surface area contributed by atoms with Gasteiger partial charge in [-0.25, -0.2) is 0 Å². The number of hydrogen-bond acceptors (Lipinski definition) is 8. The van der Waals surface area contributed by atoms with Crippen molar-refractivity contribution in [3.63, 3.8) is 0 Å². The van der Waals surface area contributed by atoms with Crippen LogP contribution in [0.2, 0.25) is 0 Å². The quantitative estimate of drug-likeness (QED) is 0.112. The van der Waals surface area contributed by atoms with Crippen LogP contribution in [-0.2, 0) is 28.5 Å². The summed E-state index contributed by atoms with van der Waals surface area (Å²) >= 11 is 0. The molecule has 0 amide bonds. The summed E-state index contributed by atoms with van der Waals surface area (Å²) in [5, 5.41) is 23.1. The van der Waals surface area contributed by atoms with Gasteiger partial charge in [0.25, 0.3) is 0 Å². The van der Waals surface area contributed by atoms with E-state index in [-0.39, 0.29) is 42.7 Å². The fraction of sp³-hybridized carbons (Fsp3) is 0.775. The largest absolute Gasteiger partial charge is 0.390 e. The molecule has 0 radical (unpaired) electrons. The van der Waals surface area contributed by atoms with Crippen molar-refractivity contribution in [2.24, 2.45) is 5.92 Å². The van der Waals surface area contributed by atoms with Gasteiger partial charge in [-0.3, -0.25) is 4.79 Å². The molecule has 13 unspecified atom stereocenters. The number of fused-ring (bicyclic) bond motifs is 4. The summed E-state index contributed by atoms with van der Waals surface area (Å²) in [6.07, 6.45) is 17.3. The van der Waals surface area contributed by atoms with Crippen molar-refractivity contribution in [2.75, 3.05) is 0 Å². The topological polar surface area (TPSA) is 104 Å². The lowest BCUT2D eigenvalue weighted by molar-refractivity contribution is -0.273. The van der Waals surface area contributed by atoms with Gasteiger partial charge in [0.1, 0.15) is 12.4 Å². The highest BCUT2D eigenvalue weighted by Gasteiger charge is 2.58. The van der Waals surface area contributed by atoms with E-state index in [1.165, 1.54) is 0 Å². The van der Waals surface area contributed by atoms with Gasteiger partial charge in [-0.15, -0.1) is 0 Å². The van der Waals surface area contributed by atoms with Gasteiger partial charge in [-0.2, -0.15) is 0 Å². The number of aliphatic hydroxyl groups is 2. The molecule has 270 valence electrons. The second-order valence-corrected chi connectivity index (χ2v) is 16.1. The van der Waals surface area contributed by atoms with Crippen molar-refractivity contribution >= 4 is 6.29 Å². The maximum absolute atomic E-state index is 11.7. The lowest BCUT2D eigenvalue weighted by Crippen LogP contribution is -2.59. The third-order valence-corrected chi connectivity index (χ3v) is 12.2. The fourth-order valence-electron chi connectivity index (χ4n) is 8.80. The van der Waals surface area contributed by atoms with E-state index >= 15 is 0 Å². The van der Waals surface area contributed by atoms with E-state index in [0.29, 0.717) is 25.2 Å². The molecule has 48 heavy (non-hydrogen) atoms. The van der Waals surface area contributed by atoms with Crippen LogP contribution >= 0.6 is 0 Å². The summed E-state index contributed by atoms with van der Waals surface area (Å²) in [6.45, 7) is 16.1. The normalized spacial score (nSPS) is 45.5. The second kappa shape index (κ2) is 15.7. The zero-order valence-electron chi connectivity index (χ0n) is 30.3. The molecule has 5 heterocycles. The van der Waals surface area contributed by atoms with Crippen LogP contribution in [-0.4, -0.2) is 88.2 Å². The van der Waals surface area contributed by atoms with Crippen LogP contribution in [0.4, 0.5) is 0 Å². The minimum Gasteiger partial charge on any atom is -0.390 e. The van der Waals surface area contributed by atoms with Gasteiger partial charge in [0, 0.05) is 12.8 Å². The van der Waals surface area contributed by atoms with E-state index in [0.717, 1.165) is 75.2 Å². The number of carbonyl (C=O) groups excluding carboxylic acids is 1. The summed E-state index contributed by atoms with van der Waals surface area (Å²) in [5.74, 6) is 0.319. The molecule has 5 aliphatic rings. The first-order valence-corrected chi connectivity index (χ1v) is 18.6. The zero-order chi connectivity index (χ0) is 34.7. The average molecular weight is 671 g/mol. The van der Waals surface area contributed by atoms with Crippen LogP contribution in [0.3, 0.4) is 0 Å². The van der Waals surface area contributed by atoms with Crippen LogP contribution < -0.4 is 0 Å². The van der Waals surface area contributed by atoms with Crippen LogP contribution in [0, 0.1) is 5.92 Å². The second-order valence-electron chi connectivity index (χ2n) is 16.1. The van der Waals surface area contributed by atoms with E-state index in [9.17, 15) is 15.0 Å². The molecule has 0 aliphatic carbocycles. The number of hydrogen-bond donors (Lipinski definition) is 2. The number of ether oxygens (including phenoxy) is 5. The molecule has 8 heteroatoms. The third-order valence-electron chi connectivity index (χ3n) is 12.2. The number of carbonyl (C=O) groups is 1. The van der Waals surface area contributed by atoms with E-state index in [1.54, 1.807) is 12.2 Å². The van der Waals surface area contributed by atoms with Crippen molar-refractivity contribution in [2.45, 2.75) is 190 Å². The molecule has 0 aromatic rings. The first-order valence-electron chi connectivity index (χ1n) is 18.6. The predicted molar refractivity (Wildman–Crippen MR) is 187 cm³/mol. The number of unbranched alkanes of at least 4 members (excludes halogenated alkanes) is 1. The van der Waals surface area contributed by atoms with Gasteiger partial charge in [0.05, 0.1) is 65.6 Å². The van der Waals surface area contributed by atoms with Crippen LogP contribution in [0.15, 0.2) is 48.1 Å². The molecular weight excluding hydrogens is 608 g/mol. The van der Waals surface area contributed by atoms with Crippen molar-refractivity contribution in [3.05, 3.63) is 48.1 Å². The zero-order valence-corrected chi connectivity index (χ0v) is 30.3. The van der Waals surface area contributed by atoms with Gasteiger partial charge < -0.3 is 33.9 Å². The van der Waals surface area contributed by atoms with Gasteiger partial charge >= 0.3 is 0 Å². The van der Waals surface area contributed by atoms with Gasteiger partial charge in [-0.1, -0.05) is 43.4 Å². The highest BCUT2D eigenvalue weighted by molar-refractivity contribution is 5.67. The van der Waals surface area contributed by atoms with E-state index in [4.69, 9.17) is 23.7 Å². The van der Waals surface area contributed by atoms with Crippen LogP contribution in [0.5, 0.6) is 0 Å². The Morgan fingerprint density at radius 3 is 2.35 bits per heavy atom. The summed E-state index contributed by atoms with van der Waals surface area (Å²) in [7, 11) is 0. The molecule has 8 nitrogen and oxygen atoms in total. The van der Waals surface area contributed by atoms with Crippen LogP contribution in [0.1, 0.15) is 119 Å². The molecule has 0 aromatic carbocycles. The Bertz CT molecular complexity index is 1210. The Morgan fingerprint density at radius 2 is 1.60 bits per heavy atom. The van der Waals surface area contributed by atoms with Gasteiger partial charge in [0.2, 0.25) is 0 Å². The minimum atomic E-state index is -0.924. The molecule has 5 saturated heterocycles. The molecule has 0 bridgehead atoms. The molecule has 0 saturated carbocycles. The van der Waals surface area contributed by atoms with Crippen molar-refractivity contribution < 1.29 is 38.7 Å². The van der Waals surface area contributed by atoms with E-state index < -0.39 is 29.0 Å². The molecule has 5 fully saturated rings. The first-order chi connectivity index (χ1) is 22.8. The molecule has 5 rings (SSSR count). The summed E-state index contributed by atoms with van der Waals surface area (Å²) in [4.78, 5) is 10.8. The van der Waals surface area contributed by atoms with E-state index in [2.05, 4.69) is 39.5 Å².